The average Bonchev–Trinajstić information content (AvgIpc) is 2.42. The molecule has 66 valence electrons. The van der Waals surface area contributed by atoms with E-state index in [0.29, 0.717) is 11.1 Å². The molecule has 0 saturated carbocycles. The second-order valence-corrected chi connectivity index (χ2v) is 3.00. The number of carbonyl (C=O) groups is 1. The zero-order valence-corrected chi connectivity index (χ0v) is 7.48. The molecule has 0 aromatic carbocycles. The molecule has 0 amide bonds. The van der Waals surface area contributed by atoms with Crippen LogP contribution in [0.5, 0.6) is 0 Å². The van der Waals surface area contributed by atoms with Gasteiger partial charge in [0.1, 0.15) is 5.52 Å². The first-order valence-corrected chi connectivity index (χ1v) is 3.96. The average molecular weight is 175 g/mol. The van der Waals surface area contributed by atoms with Gasteiger partial charge in [0.2, 0.25) is 0 Å². The fourth-order valence-corrected chi connectivity index (χ4v) is 1.34. The summed E-state index contributed by atoms with van der Waals surface area (Å²) in [4.78, 5) is 19.1. The second-order valence-electron chi connectivity index (χ2n) is 3.00. The van der Waals surface area contributed by atoms with Gasteiger partial charge in [-0.05, 0) is 6.92 Å². The summed E-state index contributed by atoms with van der Waals surface area (Å²) in [6.07, 6.45) is 4.23. The van der Waals surface area contributed by atoms with Gasteiger partial charge in [0.25, 0.3) is 0 Å². The molecule has 0 radical (unpaired) electrons. The van der Waals surface area contributed by atoms with E-state index in [0.717, 1.165) is 17.6 Å². The molecule has 4 nitrogen and oxygen atoms in total. The van der Waals surface area contributed by atoms with Crippen molar-refractivity contribution < 1.29 is 4.79 Å². The molecule has 0 unspecified atom stereocenters. The van der Waals surface area contributed by atoms with E-state index in [9.17, 15) is 4.79 Å². The normalized spacial score (nSPS) is 10.6. The number of hydrogen-bond acceptors (Lipinski definition) is 3. The molecule has 2 heterocycles. The number of hydrogen-bond donors (Lipinski definition) is 0. The zero-order valence-electron chi connectivity index (χ0n) is 7.48. The first-order chi connectivity index (χ1) is 6.22. The summed E-state index contributed by atoms with van der Waals surface area (Å²) in [6.45, 7) is 1.86. The number of aromatic nitrogens is 3. The Bertz CT molecular complexity index is 473. The summed E-state index contributed by atoms with van der Waals surface area (Å²) in [6, 6.07) is 0. The van der Waals surface area contributed by atoms with Gasteiger partial charge in [0.15, 0.2) is 11.9 Å². The molecular weight excluding hydrogens is 166 g/mol. The molecule has 0 aliphatic heterocycles. The topological polar surface area (TPSA) is 47.8 Å². The molecule has 0 aliphatic carbocycles. The molecule has 2 aromatic heterocycles. The van der Waals surface area contributed by atoms with Crippen molar-refractivity contribution in [3.63, 3.8) is 0 Å². The van der Waals surface area contributed by atoms with Crippen LogP contribution in [-0.2, 0) is 7.05 Å². The van der Waals surface area contributed by atoms with Crippen molar-refractivity contribution in [2.75, 3.05) is 0 Å². The summed E-state index contributed by atoms with van der Waals surface area (Å²) in [5.74, 6) is 0. The maximum Gasteiger partial charge on any atom is 0.159 e. The molecular formula is C9H9N3O. The maximum atomic E-state index is 10.7. The van der Waals surface area contributed by atoms with Crippen molar-refractivity contribution >= 4 is 17.5 Å². The number of aryl methyl sites for hydroxylation is 2. The van der Waals surface area contributed by atoms with Gasteiger partial charge in [-0.3, -0.25) is 4.79 Å². The summed E-state index contributed by atoms with van der Waals surface area (Å²) < 4.78 is 1.80. The van der Waals surface area contributed by atoms with Crippen LogP contribution in [0.4, 0.5) is 0 Å². The Kier molecular flexibility index (Phi) is 1.62. The number of nitrogens with zero attached hydrogens (tertiary/aromatic N) is 3. The van der Waals surface area contributed by atoms with Crippen molar-refractivity contribution in [3.05, 3.63) is 23.7 Å². The van der Waals surface area contributed by atoms with E-state index in [4.69, 9.17) is 0 Å². The number of fused-ring (bicyclic) bond motifs is 1. The van der Waals surface area contributed by atoms with Crippen LogP contribution in [0, 0.1) is 6.92 Å². The van der Waals surface area contributed by atoms with E-state index in [1.807, 2.05) is 14.0 Å². The van der Waals surface area contributed by atoms with Crippen LogP contribution in [0.3, 0.4) is 0 Å². The minimum absolute atomic E-state index is 0.591. The van der Waals surface area contributed by atoms with E-state index in [2.05, 4.69) is 9.97 Å². The maximum absolute atomic E-state index is 10.7. The zero-order chi connectivity index (χ0) is 9.42. The van der Waals surface area contributed by atoms with Gasteiger partial charge in [0.05, 0.1) is 17.5 Å². The highest BCUT2D eigenvalue weighted by atomic mass is 16.1. The highest BCUT2D eigenvalue weighted by Crippen LogP contribution is 2.14. The predicted octanol–water partition coefficient (Wildman–Crippen LogP) is 1.09. The molecule has 0 spiro atoms. The number of aldehydes is 1. The smallest absolute Gasteiger partial charge is 0.159 e. The number of rotatable bonds is 1. The van der Waals surface area contributed by atoms with E-state index < -0.39 is 0 Å². The van der Waals surface area contributed by atoms with E-state index in [1.165, 1.54) is 0 Å². The summed E-state index contributed by atoms with van der Waals surface area (Å²) >= 11 is 0. The Morgan fingerprint density at radius 3 is 3.00 bits per heavy atom. The summed E-state index contributed by atoms with van der Waals surface area (Å²) in [7, 11) is 1.85. The van der Waals surface area contributed by atoms with Crippen LogP contribution >= 0.6 is 0 Å². The highest BCUT2D eigenvalue weighted by molar-refractivity contribution is 5.93. The Hall–Kier alpha value is -1.71. The van der Waals surface area contributed by atoms with E-state index >= 15 is 0 Å². The van der Waals surface area contributed by atoms with Crippen molar-refractivity contribution in [2.24, 2.45) is 7.05 Å². The second kappa shape index (κ2) is 2.65. The molecule has 0 aliphatic rings. The lowest BCUT2D eigenvalue weighted by molar-refractivity contribution is 0.112. The molecule has 0 atom stereocenters. The van der Waals surface area contributed by atoms with Gasteiger partial charge >= 0.3 is 0 Å². The third-order valence-electron chi connectivity index (χ3n) is 1.94. The van der Waals surface area contributed by atoms with Crippen LogP contribution in [0.2, 0.25) is 0 Å². The van der Waals surface area contributed by atoms with Crippen molar-refractivity contribution in [3.8, 4) is 0 Å². The fraction of sp³-hybridized carbons (Fsp3) is 0.222. The first-order valence-electron chi connectivity index (χ1n) is 3.96. The third-order valence-corrected chi connectivity index (χ3v) is 1.94. The molecule has 2 rings (SSSR count). The van der Waals surface area contributed by atoms with Crippen molar-refractivity contribution in [2.45, 2.75) is 6.92 Å². The summed E-state index contributed by atoms with van der Waals surface area (Å²) in [5, 5.41) is 0. The Balaban J connectivity index is 2.89. The third kappa shape index (κ3) is 1.11. The minimum Gasteiger partial charge on any atom is -0.333 e. The standard InChI is InChI=1S/C9H9N3O/c1-6-3-10-9-8(11-6)7(5-13)4-12(9)2/h3-5H,1-2H3. The highest BCUT2D eigenvalue weighted by Gasteiger charge is 2.07. The fourth-order valence-electron chi connectivity index (χ4n) is 1.34. The van der Waals surface area contributed by atoms with Crippen molar-refractivity contribution in [1.82, 2.24) is 14.5 Å². The lowest BCUT2D eigenvalue weighted by atomic mass is 10.3. The van der Waals surface area contributed by atoms with E-state index in [1.54, 1.807) is 17.0 Å². The largest absolute Gasteiger partial charge is 0.333 e. The molecule has 0 N–H and O–H groups in total. The summed E-state index contributed by atoms with van der Waals surface area (Å²) in [5.41, 5.74) is 2.83. The van der Waals surface area contributed by atoms with Gasteiger partial charge in [-0.2, -0.15) is 0 Å². The van der Waals surface area contributed by atoms with Crippen LogP contribution in [-0.4, -0.2) is 20.8 Å². The molecule has 2 aromatic rings. The van der Waals surface area contributed by atoms with Gasteiger partial charge in [0, 0.05) is 13.2 Å². The van der Waals surface area contributed by atoms with Crippen LogP contribution in [0.25, 0.3) is 11.2 Å². The van der Waals surface area contributed by atoms with Crippen LogP contribution in [0.15, 0.2) is 12.4 Å². The Labute approximate surface area is 75.2 Å². The SMILES string of the molecule is Cc1cnc2c(n1)c(C=O)cn2C. The van der Waals surface area contributed by atoms with Crippen LogP contribution in [0.1, 0.15) is 16.1 Å². The van der Waals surface area contributed by atoms with Gasteiger partial charge < -0.3 is 4.57 Å². The van der Waals surface area contributed by atoms with Gasteiger partial charge in [-0.1, -0.05) is 0 Å². The molecule has 0 bridgehead atoms. The first kappa shape index (κ1) is 7.91. The minimum atomic E-state index is 0.591. The van der Waals surface area contributed by atoms with E-state index in [-0.39, 0.29) is 0 Å². The van der Waals surface area contributed by atoms with Crippen LogP contribution < -0.4 is 0 Å². The predicted molar refractivity (Wildman–Crippen MR) is 48.6 cm³/mol. The molecule has 0 fully saturated rings. The molecule has 4 heteroatoms. The molecule has 13 heavy (non-hydrogen) atoms. The molecule has 0 saturated heterocycles. The van der Waals surface area contributed by atoms with Crippen molar-refractivity contribution in [1.29, 1.82) is 0 Å². The Morgan fingerprint density at radius 2 is 2.31 bits per heavy atom. The number of carbonyl (C=O) groups excluding carboxylic acids is 1. The quantitative estimate of drug-likeness (QED) is 0.609. The lowest BCUT2D eigenvalue weighted by Crippen LogP contribution is -1.90. The lowest BCUT2D eigenvalue weighted by Gasteiger charge is -1.94. The monoisotopic (exact) mass is 175 g/mol. The van der Waals surface area contributed by atoms with Gasteiger partial charge in [-0.15, -0.1) is 0 Å². The Morgan fingerprint density at radius 1 is 1.54 bits per heavy atom. The van der Waals surface area contributed by atoms with Gasteiger partial charge in [-0.25, -0.2) is 9.97 Å².